The van der Waals surface area contributed by atoms with E-state index in [0.717, 1.165) is 0 Å². The maximum absolute atomic E-state index is 11.9. The van der Waals surface area contributed by atoms with Gasteiger partial charge < -0.3 is 25.5 Å². The molecule has 1 amide bonds. The molecule has 1 aliphatic rings. The Morgan fingerprint density at radius 1 is 1.60 bits per heavy atom. The first kappa shape index (κ1) is 14.5. The summed E-state index contributed by atoms with van der Waals surface area (Å²) in [5.74, 6) is -1.37. The van der Waals surface area contributed by atoms with Crippen molar-refractivity contribution in [3.8, 4) is 0 Å². The second-order valence-corrected chi connectivity index (χ2v) is 4.67. The summed E-state index contributed by atoms with van der Waals surface area (Å²) in [6, 6.07) is -1.03. The van der Waals surface area contributed by atoms with Crippen molar-refractivity contribution >= 4 is 11.9 Å². The van der Waals surface area contributed by atoms with E-state index in [1.54, 1.807) is 6.20 Å². The van der Waals surface area contributed by atoms with E-state index in [-0.39, 0.29) is 24.8 Å². The molecule has 0 aliphatic carbocycles. The number of ether oxygens (including phenoxy) is 1. The highest BCUT2D eigenvalue weighted by Crippen LogP contribution is 2.02. The van der Waals surface area contributed by atoms with Crippen molar-refractivity contribution in [3.05, 3.63) is 18.2 Å². The molecule has 0 bridgehead atoms. The molecule has 0 radical (unpaired) electrons. The Hall–Kier alpha value is -1.93. The number of aromatic amines is 1. The summed E-state index contributed by atoms with van der Waals surface area (Å²) in [6.07, 6.45) is 3.39. The molecule has 2 rings (SSSR count). The van der Waals surface area contributed by atoms with Gasteiger partial charge in [0.25, 0.3) is 0 Å². The van der Waals surface area contributed by atoms with Gasteiger partial charge >= 0.3 is 5.97 Å². The number of hydrogen-bond acceptors (Lipinski definition) is 5. The van der Waals surface area contributed by atoms with Gasteiger partial charge in [0.1, 0.15) is 6.04 Å². The van der Waals surface area contributed by atoms with Crippen LogP contribution < -0.4 is 10.6 Å². The molecular weight excluding hydrogens is 264 g/mol. The summed E-state index contributed by atoms with van der Waals surface area (Å²) in [7, 11) is 0. The molecule has 8 nitrogen and oxygen atoms in total. The minimum Gasteiger partial charge on any atom is -0.480 e. The number of carboxylic acid groups (broad SMARTS) is 1. The monoisotopic (exact) mass is 282 g/mol. The molecule has 2 atom stereocenters. The maximum atomic E-state index is 11.9. The van der Waals surface area contributed by atoms with Crippen LogP contribution in [0, 0.1) is 0 Å². The Bertz CT molecular complexity index is 442. The number of H-pyrrole nitrogens is 1. The van der Waals surface area contributed by atoms with E-state index in [1.165, 1.54) is 6.33 Å². The Morgan fingerprint density at radius 3 is 3.05 bits per heavy atom. The molecule has 2 heterocycles. The fourth-order valence-corrected chi connectivity index (χ4v) is 2.04. The number of carbonyl (C=O) groups is 2. The highest BCUT2D eigenvalue weighted by molar-refractivity contribution is 5.84. The van der Waals surface area contributed by atoms with Gasteiger partial charge in [0.2, 0.25) is 5.91 Å². The molecule has 0 aromatic carbocycles. The van der Waals surface area contributed by atoms with Crippen LogP contribution in [0.15, 0.2) is 12.5 Å². The number of hydrogen-bond donors (Lipinski definition) is 4. The Balaban J connectivity index is 1.83. The van der Waals surface area contributed by atoms with Crippen molar-refractivity contribution in [3.63, 3.8) is 0 Å². The van der Waals surface area contributed by atoms with Gasteiger partial charge in [-0.15, -0.1) is 0 Å². The number of aromatic nitrogens is 2. The normalized spacial score (nSPS) is 20.3. The topological polar surface area (TPSA) is 116 Å². The molecule has 4 N–H and O–H groups in total. The van der Waals surface area contributed by atoms with Crippen LogP contribution in [-0.2, 0) is 20.7 Å². The minimum atomic E-state index is -1.07. The lowest BCUT2D eigenvalue weighted by Gasteiger charge is -2.24. The van der Waals surface area contributed by atoms with Crippen molar-refractivity contribution in [1.82, 2.24) is 20.6 Å². The van der Waals surface area contributed by atoms with Gasteiger partial charge in [-0.3, -0.25) is 4.79 Å². The molecule has 1 fully saturated rings. The third-order valence-electron chi connectivity index (χ3n) is 3.04. The van der Waals surface area contributed by atoms with Gasteiger partial charge in [-0.1, -0.05) is 0 Å². The van der Waals surface area contributed by atoms with Crippen molar-refractivity contribution in [2.24, 2.45) is 0 Å². The van der Waals surface area contributed by atoms with Crippen molar-refractivity contribution in [2.75, 3.05) is 19.8 Å². The predicted octanol–water partition coefficient (Wildman–Crippen LogP) is -1.10. The predicted molar refractivity (Wildman–Crippen MR) is 69.1 cm³/mol. The molecule has 110 valence electrons. The zero-order valence-electron chi connectivity index (χ0n) is 11.0. The molecule has 20 heavy (non-hydrogen) atoms. The highest BCUT2D eigenvalue weighted by atomic mass is 16.5. The lowest BCUT2D eigenvalue weighted by Crippen LogP contribution is -2.48. The second kappa shape index (κ2) is 7.01. The van der Waals surface area contributed by atoms with Gasteiger partial charge in [-0.05, 0) is 0 Å². The van der Waals surface area contributed by atoms with Crippen LogP contribution >= 0.6 is 0 Å². The second-order valence-electron chi connectivity index (χ2n) is 4.67. The number of carboxylic acids is 1. The largest absolute Gasteiger partial charge is 0.480 e. The van der Waals surface area contributed by atoms with E-state index >= 15 is 0 Å². The fraction of sp³-hybridized carbons (Fsp3) is 0.583. The van der Waals surface area contributed by atoms with Crippen LogP contribution in [0.2, 0.25) is 0 Å². The Labute approximate surface area is 115 Å². The van der Waals surface area contributed by atoms with Crippen LogP contribution in [0.1, 0.15) is 12.1 Å². The van der Waals surface area contributed by atoms with E-state index < -0.39 is 12.0 Å². The lowest BCUT2D eigenvalue weighted by atomic mass is 10.1. The minimum absolute atomic E-state index is 0.0645. The zero-order valence-corrected chi connectivity index (χ0v) is 11.0. The molecular formula is C12H18N4O4. The summed E-state index contributed by atoms with van der Waals surface area (Å²) in [4.78, 5) is 29.7. The third-order valence-corrected chi connectivity index (χ3v) is 3.04. The van der Waals surface area contributed by atoms with Crippen LogP contribution in [-0.4, -0.2) is 58.8 Å². The first-order chi connectivity index (χ1) is 9.65. The fourth-order valence-electron chi connectivity index (χ4n) is 2.04. The number of aliphatic carboxylic acids is 1. The molecule has 0 saturated carbocycles. The highest BCUT2D eigenvalue weighted by Gasteiger charge is 2.23. The Morgan fingerprint density at radius 2 is 2.45 bits per heavy atom. The molecule has 1 aromatic rings. The average molecular weight is 282 g/mol. The van der Waals surface area contributed by atoms with E-state index in [1.807, 2.05) is 0 Å². The molecule has 0 spiro atoms. The van der Waals surface area contributed by atoms with E-state index in [4.69, 9.17) is 9.84 Å². The van der Waals surface area contributed by atoms with E-state index in [9.17, 15) is 9.59 Å². The van der Waals surface area contributed by atoms with E-state index in [2.05, 4.69) is 20.6 Å². The quantitative estimate of drug-likeness (QED) is 0.526. The number of amides is 1. The van der Waals surface area contributed by atoms with Crippen LogP contribution in [0.3, 0.4) is 0 Å². The summed E-state index contributed by atoms with van der Waals surface area (Å²) in [5, 5.41) is 14.8. The smallest absolute Gasteiger partial charge is 0.326 e. The molecule has 1 aliphatic heterocycles. The summed E-state index contributed by atoms with van der Waals surface area (Å²) >= 11 is 0. The average Bonchev–Trinajstić information content (AvgIpc) is 2.92. The summed E-state index contributed by atoms with van der Waals surface area (Å²) in [6.45, 7) is 1.80. The number of imidazole rings is 1. The van der Waals surface area contributed by atoms with Crippen molar-refractivity contribution < 1.29 is 19.4 Å². The standard InChI is InChI=1S/C12H18N4O4/c17-11(4-9-6-20-2-1-14-9)16-10(12(18)19)3-8-5-13-7-15-8/h5,7,9-10,14H,1-4,6H2,(H,13,15)(H,16,17)(H,18,19)/t9?,10-/m0/s1. The van der Waals surface area contributed by atoms with Crippen LogP contribution in [0.25, 0.3) is 0 Å². The first-order valence-electron chi connectivity index (χ1n) is 6.45. The molecule has 8 heteroatoms. The number of morpholine rings is 1. The summed E-state index contributed by atoms with van der Waals surface area (Å²) in [5.41, 5.74) is 0.664. The van der Waals surface area contributed by atoms with Gasteiger partial charge in [-0.2, -0.15) is 0 Å². The summed E-state index contributed by atoms with van der Waals surface area (Å²) < 4.78 is 5.25. The zero-order chi connectivity index (χ0) is 14.4. The molecule has 1 aromatic heterocycles. The molecule has 1 saturated heterocycles. The van der Waals surface area contributed by atoms with Crippen molar-refractivity contribution in [2.45, 2.75) is 24.9 Å². The van der Waals surface area contributed by atoms with E-state index in [0.29, 0.717) is 25.5 Å². The number of carbonyl (C=O) groups excluding carboxylic acids is 1. The third kappa shape index (κ3) is 4.32. The van der Waals surface area contributed by atoms with Crippen LogP contribution in [0.5, 0.6) is 0 Å². The lowest BCUT2D eigenvalue weighted by molar-refractivity contribution is -0.142. The van der Waals surface area contributed by atoms with Gasteiger partial charge in [-0.25, -0.2) is 9.78 Å². The van der Waals surface area contributed by atoms with Crippen LogP contribution in [0.4, 0.5) is 0 Å². The van der Waals surface area contributed by atoms with Crippen molar-refractivity contribution in [1.29, 1.82) is 0 Å². The Kier molecular flexibility index (Phi) is 5.08. The van der Waals surface area contributed by atoms with Gasteiger partial charge in [0.15, 0.2) is 0 Å². The maximum Gasteiger partial charge on any atom is 0.326 e. The SMILES string of the molecule is O=C(CC1COCCN1)N[C@@H](Cc1cnc[nH]1)C(=O)O. The molecule has 1 unspecified atom stereocenters. The number of nitrogens with one attached hydrogen (secondary N) is 3. The number of rotatable bonds is 6. The van der Waals surface area contributed by atoms with Gasteiger partial charge in [0.05, 0.1) is 19.5 Å². The van der Waals surface area contributed by atoms with Gasteiger partial charge in [0, 0.05) is 37.3 Å². The first-order valence-corrected chi connectivity index (χ1v) is 6.45. The number of nitrogens with zero attached hydrogens (tertiary/aromatic N) is 1.